The largest absolute Gasteiger partial charge is 0.332 e. The topological polar surface area (TPSA) is 77.4 Å². The predicted octanol–water partition coefficient (Wildman–Crippen LogP) is 2.14. The highest BCUT2D eigenvalue weighted by Gasteiger charge is 2.26. The molecule has 0 bridgehead atoms. The van der Waals surface area contributed by atoms with Crippen molar-refractivity contribution >= 4 is 46.0 Å². The van der Waals surface area contributed by atoms with Crippen molar-refractivity contribution in [1.29, 1.82) is 0 Å². The van der Waals surface area contributed by atoms with Crippen LogP contribution in [0.1, 0.15) is 12.5 Å². The first-order chi connectivity index (χ1) is 12.8. The lowest BCUT2D eigenvalue weighted by atomic mass is 10.2. The van der Waals surface area contributed by atoms with Crippen LogP contribution in [-0.2, 0) is 27.2 Å². The quantitative estimate of drug-likeness (QED) is 0.652. The minimum Gasteiger partial charge on any atom is -0.297 e. The minimum atomic E-state index is -0.423. The first-order valence-electron chi connectivity index (χ1n) is 8.19. The molecular weight excluding hydrogens is 391 g/mol. The summed E-state index contributed by atoms with van der Waals surface area (Å²) in [7, 11) is 3.05. The highest BCUT2D eigenvalue weighted by Crippen LogP contribution is 2.28. The van der Waals surface area contributed by atoms with Crippen molar-refractivity contribution in [2.75, 3.05) is 5.01 Å². The van der Waals surface area contributed by atoms with Crippen molar-refractivity contribution in [3.63, 3.8) is 0 Å². The van der Waals surface area contributed by atoms with E-state index in [2.05, 4.69) is 10.1 Å². The van der Waals surface area contributed by atoms with Crippen LogP contribution < -0.4 is 16.3 Å². The first-order valence-corrected chi connectivity index (χ1v) is 8.95. The smallest absolute Gasteiger partial charge is 0.297 e. The van der Waals surface area contributed by atoms with Gasteiger partial charge in [0.15, 0.2) is 11.2 Å². The van der Waals surface area contributed by atoms with Crippen LogP contribution >= 0.6 is 23.2 Å². The normalized spacial score (nSPS) is 13.8. The zero-order chi connectivity index (χ0) is 19.5. The first kappa shape index (κ1) is 17.8. The molecule has 0 N–H and O–H groups in total. The van der Waals surface area contributed by atoms with Gasteiger partial charge in [0.05, 0.1) is 18.8 Å². The van der Waals surface area contributed by atoms with Crippen LogP contribution in [0.3, 0.4) is 0 Å². The molecule has 1 aliphatic heterocycles. The van der Waals surface area contributed by atoms with E-state index in [1.165, 1.54) is 11.6 Å². The van der Waals surface area contributed by atoms with Crippen LogP contribution in [0, 0.1) is 0 Å². The van der Waals surface area contributed by atoms with Crippen LogP contribution in [0.25, 0.3) is 11.2 Å². The molecule has 4 rings (SSSR count). The Hall–Kier alpha value is -2.58. The third kappa shape index (κ3) is 2.76. The molecule has 2 aromatic heterocycles. The van der Waals surface area contributed by atoms with Gasteiger partial charge in [-0.2, -0.15) is 10.1 Å². The SMILES string of the molecule is CC1=NN(Cc2ccc(Cl)cc2Cl)c2nc3c(c(=O)n(C)c(=O)n3C)n2C1. The number of aromatic nitrogens is 4. The van der Waals surface area contributed by atoms with Gasteiger partial charge in [-0.3, -0.25) is 18.5 Å². The number of nitrogens with zero attached hydrogens (tertiary/aromatic N) is 6. The molecule has 3 aromatic rings. The van der Waals surface area contributed by atoms with E-state index in [-0.39, 0.29) is 5.56 Å². The number of hydrazone groups is 1. The van der Waals surface area contributed by atoms with Gasteiger partial charge in [0, 0.05) is 24.1 Å². The van der Waals surface area contributed by atoms with Crippen molar-refractivity contribution in [3.8, 4) is 0 Å². The molecule has 0 atom stereocenters. The minimum absolute atomic E-state index is 0.329. The van der Waals surface area contributed by atoms with Crippen molar-refractivity contribution in [2.24, 2.45) is 19.2 Å². The highest BCUT2D eigenvalue weighted by molar-refractivity contribution is 6.35. The number of anilines is 1. The summed E-state index contributed by atoms with van der Waals surface area (Å²) in [6.07, 6.45) is 0. The Bertz CT molecular complexity index is 1240. The number of halogens is 2. The fraction of sp³-hybridized carbons (Fsp3) is 0.294. The van der Waals surface area contributed by atoms with E-state index in [1.807, 2.05) is 13.0 Å². The third-order valence-corrected chi connectivity index (χ3v) is 5.16. The van der Waals surface area contributed by atoms with Gasteiger partial charge in [0.1, 0.15) is 0 Å². The fourth-order valence-electron chi connectivity index (χ4n) is 3.21. The van der Waals surface area contributed by atoms with E-state index >= 15 is 0 Å². The van der Waals surface area contributed by atoms with Crippen molar-refractivity contribution in [3.05, 3.63) is 54.6 Å². The molecule has 0 radical (unpaired) electrons. The van der Waals surface area contributed by atoms with Gasteiger partial charge in [-0.25, -0.2) is 9.80 Å². The number of hydrogen-bond acceptors (Lipinski definition) is 5. The van der Waals surface area contributed by atoms with E-state index in [9.17, 15) is 9.59 Å². The van der Waals surface area contributed by atoms with Crippen LogP contribution in [0.15, 0.2) is 32.9 Å². The predicted molar refractivity (Wildman–Crippen MR) is 106 cm³/mol. The Morgan fingerprint density at radius 1 is 1.15 bits per heavy atom. The molecule has 8 nitrogen and oxygen atoms in total. The number of aryl methyl sites for hydroxylation is 1. The lowest BCUT2D eigenvalue weighted by Crippen LogP contribution is -2.38. The molecule has 140 valence electrons. The van der Waals surface area contributed by atoms with Crippen LogP contribution in [0.5, 0.6) is 0 Å². The summed E-state index contributed by atoms with van der Waals surface area (Å²) >= 11 is 12.3. The molecule has 0 amide bonds. The van der Waals surface area contributed by atoms with Gasteiger partial charge in [0.25, 0.3) is 5.56 Å². The maximum atomic E-state index is 12.7. The van der Waals surface area contributed by atoms with E-state index in [0.29, 0.717) is 40.2 Å². The zero-order valence-electron chi connectivity index (χ0n) is 14.9. The number of hydrogen-bond donors (Lipinski definition) is 0. The second-order valence-corrected chi connectivity index (χ2v) is 7.35. The maximum Gasteiger partial charge on any atom is 0.332 e. The summed E-state index contributed by atoms with van der Waals surface area (Å²) in [6.45, 7) is 2.65. The maximum absolute atomic E-state index is 12.7. The molecule has 0 saturated heterocycles. The Morgan fingerprint density at radius 2 is 1.89 bits per heavy atom. The monoisotopic (exact) mass is 406 g/mol. The van der Waals surface area contributed by atoms with Gasteiger partial charge in [0.2, 0.25) is 5.95 Å². The second kappa shape index (κ2) is 6.24. The van der Waals surface area contributed by atoms with Crippen LogP contribution in [-0.4, -0.2) is 24.4 Å². The van der Waals surface area contributed by atoms with Gasteiger partial charge in [-0.05, 0) is 24.6 Å². The molecule has 3 heterocycles. The Balaban J connectivity index is 1.91. The molecule has 27 heavy (non-hydrogen) atoms. The molecule has 10 heteroatoms. The molecule has 0 saturated carbocycles. The Labute approximate surface area is 163 Å². The third-order valence-electron chi connectivity index (χ3n) is 4.57. The molecule has 0 aliphatic carbocycles. The molecule has 1 aromatic carbocycles. The molecular formula is C17H16Cl2N6O2. The number of imidazole rings is 1. The Kier molecular flexibility index (Phi) is 4.12. The molecule has 0 unspecified atom stereocenters. The average Bonchev–Trinajstić information content (AvgIpc) is 3.00. The Morgan fingerprint density at radius 3 is 2.59 bits per heavy atom. The summed E-state index contributed by atoms with van der Waals surface area (Å²) in [6, 6.07) is 5.25. The highest BCUT2D eigenvalue weighted by atomic mass is 35.5. The summed E-state index contributed by atoms with van der Waals surface area (Å²) < 4.78 is 4.23. The number of rotatable bonds is 2. The second-order valence-electron chi connectivity index (χ2n) is 6.50. The van der Waals surface area contributed by atoms with Crippen molar-refractivity contribution in [2.45, 2.75) is 20.0 Å². The fourth-order valence-corrected chi connectivity index (χ4v) is 3.68. The van der Waals surface area contributed by atoms with Gasteiger partial charge in [-0.1, -0.05) is 29.3 Å². The lowest BCUT2D eigenvalue weighted by molar-refractivity contribution is 0.698. The van der Waals surface area contributed by atoms with E-state index in [4.69, 9.17) is 23.2 Å². The van der Waals surface area contributed by atoms with Gasteiger partial charge < -0.3 is 0 Å². The van der Waals surface area contributed by atoms with E-state index in [0.717, 1.165) is 15.8 Å². The summed E-state index contributed by atoms with van der Waals surface area (Å²) in [5, 5.41) is 7.31. The summed E-state index contributed by atoms with van der Waals surface area (Å²) in [4.78, 5) is 29.5. The van der Waals surface area contributed by atoms with Gasteiger partial charge >= 0.3 is 5.69 Å². The van der Waals surface area contributed by atoms with E-state index in [1.54, 1.807) is 28.8 Å². The van der Waals surface area contributed by atoms with E-state index < -0.39 is 5.69 Å². The van der Waals surface area contributed by atoms with Crippen molar-refractivity contribution < 1.29 is 0 Å². The average molecular weight is 407 g/mol. The van der Waals surface area contributed by atoms with Crippen LogP contribution in [0.4, 0.5) is 5.95 Å². The van der Waals surface area contributed by atoms with Crippen molar-refractivity contribution in [1.82, 2.24) is 18.7 Å². The van der Waals surface area contributed by atoms with Crippen LogP contribution in [0.2, 0.25) is 10.0 Å². The zero-order valence-corrected chi connectivity index (χ0v) is 16.4. The molecule has 1 aliphatic rings. The van der Waals surface area contributed by atoms with Gasteiger partial charge in [-0.15, -0.1) is 0 Å². The summed E-state index contributed by atoms with van der Waals surface area (Å²) in [5.41, 5.74) is 1.52. The number of fused-ring (bicyclic) bond motifs is 3. The molecule has 0 fully saturated rings. The lowest BCUT2D eigenvalue weighted by Gasteiger charge is -2.25. The molecule has 0 spiro atoms. The summed E-state index contributed by atoms with van der Waals surface area (Å²) in [5.74, 6) is 0.486. The standard InChI is InChI=1S/C17H16Cl2N6O2/c1-9-7-24-13-14(22(2)17(27)23(3)15(13)26)20-16(24)25(21-9)8-10-4-5-11(18)6-12(10)19/h4-6H,7-8H2,1-3H3. The number of benzene rings is 1.